The second-order valence-corrected chi connectivity index (χ2v) is 11.4. The van der Waals surface area contributed by atoms with Crippen LogP contribution < -0.4 is 14.8 Å². The van der Waals surface area contributed by atoms with Gasteiger partial charge >= 0.3 is 12.3 Å². The molecule has 1 amide bonds. The molecule has 0 unspecified atom stereocenters. The smallest absolute Gasteiger partial charge is 0.416 e. The van der Waals surface area contributed by atoms with Crippen LogP contribution in [0.15, 0.2) is 30.3 Å². The molecule has 1 N–H and O–H groups in total. The van der Waals surface area contributed by atoms with Crippen molar-refractivity contribution in [2.75, 3.05) is 25.5 Å². The molecule has 1 fully saturated rings. The van der Waals surface area contributed by atoms with Crippen molar-refractivity contribution in [2.45, 2.75) is 71.4 Å². The Morgan fingerprint density at radius 2 is 1.77 bits per heavy atom. The Kier molecular flexibility index (Phi) is 8.88. The van der Waals surface area contributed by atoms with E-state index in [9.17, 15) is 28.1 Å². The fourth-order valence-corrected chi connectivity index (χ4v) is 4.72. The van der Waals surface area contributed by atoms with Crippen LogP contribution in [0, 0.1) is 17.0 Å². The largest absolute Gasteiger partial charge is 0.493 e. The lowest BCUT2D eigenvalue weighted by Gasteiger charge is -2.33. The number of carbonyl (C=O) groups excluding carboxylic acids is 1. The van der Waals surface area contributed by atoms with Crippen LogP contribution in [-0.4, -0.2) is 57.8 Å². The quantitative estimate of drug-likeness (QED) is 0.228. The third-order valence-electron chi connectivity index (χ3n) is 6.81. The summed E-state index contributed by atoms with van der Waals surface area (Å²) in [5, 5.41) is 15.0. The number of nitro benzene ring substituents is 1. The second-order valence-electron chi connectivity index (χ2n) is 11.4. The summed E-state index contributed by atoms with van der Waals surface area (Å²) in [5.41, 5.74) is -1.82. The third-order valence-corrected chi connectivity index (χ3v) is 6.81. The highest BCUT2D eigenvalue weighted by Gasteiger charge is 2.33. The van der Waals surface area contributed by atoms with Gasteiger partial charge in [0.2, 0.25) is 0 Å². The average Bonchev–Trinajstić information content (AvgIpc) is 2.91. The second kappa shape index (κ2) is 12.1. The van der Waals surface area contributed by atoms with Crippen LogP contribution in [0.4, 0.5) is 29.5 Å². The molecule has 1 aromatic heterocycles. The minimum absolute atomic E-state index is 0.0627. The average molecular weight is 606 g/mol. The topological polar surface area (TPSA) is 129 Å². The number of benzene rings is 2. The van der Waals surface area contributed by atoms with E-state index in [1.807, 2.05) is 20.8 Å². The molecule has 43 heavy (non-hydrogen) atoms. The van der Waals surface area contributed by atoms with E-state index in [1.54, 1.807) is 30.9 Å². The number of methoxy groups -OCH3 is 1. The molecule has 0 saturated carbocycles. The fourth-order valence-electron chi connectivity index (χ4n) is 4.72. The van der Waals surface area contributed by atoms with Gasteiger partial charge in [0.15, 0.2) is 11.5 Å². The van der Waals surface area contributed by atoms with Crippen LogP contribution in [0.2, 0.25) is 0 Å². The highest BCUT2D eigenvalue weighted by atomic mass is 19.4. The van der Waals surface area contributed by atoms with Gasteiger partial charge in [0.25, 0.3) is 5.69 Å². The first-order chi connectivity index (χ1) is 20.0. The van der Waals surface area contributed by atoms with Crippen molar-refractivity contribution in [2.24, 2.45) is 0 Å². The molecule has 3 aromatic rings. The van der Waals surface area contributed by atoms with Crippen molar-refractivity contribution in [1.29, 1.82) is 0 Å². The number of fused-ring (bicyclic) bond motifs is 1. The Morgan fingerprint density at radius 3 is 2.35 bits per heavy atom. The van der Waals surface area contributed by atoms with Crippen LogP contribution >= 0.6 is 0 Å². The molecular weight excluding hydrogens is 571 g/mol. The van der Waals surface area contributed by atoms with Gasteiger partial charge in [-0.15, -0.1) is 0 Å². The summed E-state index contributed by atoms with van der Waals surface area (Å²) >= 11 is 0. The van der Waals surface area contributed by atoms with E-state index in [0.29, 0.717) is 66.0 Å². The van der Waals surface area contributed by atoms with Crippen molar-refractivity contribution in [3.8, 4) is 11.5 Å². The van der Waals surface area contributed by atoms with Crippen LogP contribution in [-0.2, 0) is 10.9 Å². The minimum atomic E-state index is -4.76. The summed E-state index contributed by atoms with van der Waals surface area (Å²) < 4.78 is 57.8. The van der Waals surface area contributed by atoms with Gasteiger partial charge in [-0.3, -0.25) is 10.1 Å². The molecule has 1 atom stereocenters. The summed E-state index contributed by atoms with van der Waals surface area (Å²) in [6, 6.07) is 5.07. The van der Waals surface area contributed by atoms with E-state index in [4.69, 9.17) is 14.2 Å². The maximum absolute atomic E-state index is 13.5. The van der Waals surface area contributed by atoms with E-state index >= 15 is 0 Å². The van der Waals surface area contributed by atoms with Crippen molar-refractivity contribution in [1.82, 2.24) is 14.9 Å². The molecule has 1 aliphatic heterocycles. The van der Waals surface area contributed by atoms with Gasteiger partial charge in [-0.1, -0.05) is 0 Å². The predicted molar refractivity (Wildman–Crippen MR) is 152 cm³/mol. The SMILES string of the molecule is COc1cc2nc(C)nc(N[C@H](C)c3cc([N+](=O)[O-])cc(C(F)(F)F)c3)c2cc1OC1CCN(C(=O)OC(C)(C)C)CC1. The number of rotatable bonds is 7. The molecule has 1 saturated heterocycles. The standard InChI is InChI=1S/C29H34F3N5O6/c1-16(18-11-19(29(30,31)32)13-20(12-18)37(39)40)33-26-22-14-25(24(41-6)15-23(22)34-17(2)35-26)42-21-7-9-36(10-8-21)27(38)43-28(3,4)5/h11-16,21H,7-10H2,1-6H3,(H,33,34,35)/t16-/m1/s1. The Balaban J connectivity index is 1.60. The molecule has 1 aliphatic rings. The normalized spacial score (nSPS) is 15.2. The molecule has 2 aromatic carbocycles. The molecule has 232 valence electrons. The molecule has 2 heterocycles. The number of ether oxygens (including phenoxy) is 3. The maximum Gasteiger partial charge on any atom is 0.416 e. The van der Waals surface area contributed by atoms with Gasteiger partial charge in [-0.2, -0.15) is 13.2 Å². The number of nitrogens with one attached hydrogen (secondary N) is 1. The number of hydrogen-bond donors (Lipinski definition) is 1. The van der Waals surface area contributed by atoms with E-state index in [-0.39, 0.29) is 17.8 Å². The highest BCUT2D eigenvalue weighted by molar-refractivity contribution is 5.92. The number of nitro groups is 1. The van der Waals surface area contributed by atoms with Crippen LogP contribution in [0.3, 0.4) is 0 Å². The monoisotopic (exact) mass is 605 g/mol. The van der Waals surface area contributed by atoms with Crippen molar-refractivity contribution >= 4 is 28.5 Å². The molecule has 0 aliphatic carbocycles. The zero-order valence-corrected chi connectivity index (χ0v) is 24.7. The van der Waals surface area contributed by atoms with Gasteiger partial charge < -0.3 is 24.4 Å². The van der Waals surface area contributed by atoms with E-state index in [2.05, 4.69) is 15.3 Å². The number of aromatic nitrogens is 2. The number of piperidine rings is 1. The Morgan fingerprint density at radius 1 is 1.09 bits per heavy atom. The molecule has 14 heteroatoms. The number of nitrogens with zero attached hydrogens (tertiary/aromatic N) is 4. The lowest BCUT2D eigenvalue weighted by atomic mass is 10.0. The molecule has 11 nitrogen and oxygen atoms in total. The Bertz CT molecular complexity index is 1520. The van der Waals surface area contributed by atoms with Gasteiger partial charge in [-0.25, -0.2) is 14.8 Å². The number of carbonyl (C=O) groups is 1. The number of amides is 1. The zero-order chi connectivity index (χ0) is 31.7. The Labute approximate surface area is 246 Å². The lowest BCUT2D eigenvalue weighted by molar-refractivity contribution is -0.385. The van der Waals surface area contributed by atoms with E-state index < -0.39 is 34.0 Å². The molecule has 0 radical (unpaired) electrons. The van der Waals surface area contributed by atoms with Gasteiger partial charge in [-0.05, 0) is 52.3 Å². The first kappa shape index (κ1) is 31.6. The van der Waals surface area contributed by atoms with Crippen LogP contribution in [0.1, 0.15) is 63.5 Å². The summed E-state index contributed by atoms with van der Waals surface area (Å²) in [7, 11) is 1.50. The van der Waals surface area contributed by atoms with Gasteiger partial charge in [0.1, 0.15) is 23.3 Å². The Hall–Kier alpha value is -4.36. The summed E-state index contributed by atoms with van der Waals surface area (Å²) in [5.74, 6) is 1.53. The molecule has 0 bridgehead atoms. The lowest BCUT2D eigenvalue weighted by Crippen LogP contribution is -2.44. The van der Waals surface area contributed by atoms with Crippen LogP contribution in [0.25, 0.3) is 10.9 Å². The van der Waals surface area contributed by atoms with Crippen LogP contribution in [0.5, 0.6) is 11.5 Å². The number of halogens is 3. The summed E-state index contributed by atoms with van der Waals surface area (Å²) in [6.45, 7) is 9.58. The van der Waals surface area contributed by atoms with Gasteiger partial charge in [0.05, 0.1) is 29.2 Å². The minimum Gasteiger partial charge on any atom is -0.493 e. The molecular formula is C29H34F3N5O6. The maximum atomic E-state index is 13.5. The number of non-ortho nitro benzene ring substituents is 1. The number of hydrogen-bond acceptors (Lipinski definition) is 9. The summed E-state index contributed by atoms with van der Waals surface area (Å²) in [6.07, 6.45) is -4.25. The third kappa shape index (κ3) is 7.73. The number of anilines is 1. The van der Waals surface area contributed by atoms with Crippen molar-refractivity contribution < 1.29 is 37.1 Å². The van der Waals surface area contributed by atoms with Gasteiger partial charge in [0, 0.05) is 49.5 Å². The van der Waals surface area contributed by atoms with E-state index in [0.717, 1.165) is 12.1 Å². The summed E-state index contributed by atoms with van der Waals surface area (Å²) in [4.78, 5) is 33.5. The van der Waals surface area contributed by atoms with Crippen molar-refractivity contribution in [3.05, 3.63) is 57.4 Å². The first-order valence-corrected chi connectivity index (χ1v) is 13.7. The fraction of sp³-hybridized carbons (Fsp3) is 0.483. The number of alkyl halides is 3. The zero-order valence-electron chi connectivity index (χ0n) is 24.7. The number of likely N-dealkylation sites (tertiary alicyclic amines) is 1. The van der Waals surface area contributed by atoms with Crippen molar-refractivity contribution in [3.63, 3.8) is 0 Å². The first-order valence-electron chi connectivity index (χ1n) is 13.7. The molecule has 0 spiro atoms. The number of aryl methyl sites for hydroxylation is 1. The molecule has 4 rings (SSSR count). The van der Waals surface area contributed by atoms with E-state index in [1.165, 1.54) is 7.11 Å². The predicted octanol–water partition coefficient (Wildman–Crippen LogP) is 6.83. The highest BCUT2D eigenvalue weighted by Crippen LogP contribution is 2.38.